The van der Waals surface area contributed by atoms with Crippen molar-refractivity contribution in [1.29, 1.82) is 0 Å². The first-order valence-electron chi connectivity index (χ1n) is 8.34. The number of rotatable bonds is 4. The molecule has 1 aliphatic heterocycles. The lowest BCUT2D eigenvalue weighted by molar-refractivity contribution is 0.0846. The predicted molar refractivity (Wildman–Crippen MR) is 104 cm³/mol. The lowest BCUT2D eigenvalue weighted by Crippen LogP contribution is -2.41. The second-order valence-corrected chi connectivity index (χ2v) is 8.91. The van der Waals surface area contributed by atoms with Crippen molar-refractivity contribution in [3.63, 3.8) is 0 Å². The second kappa shape index (κ2) is 8.20. The Morgan fingerprint density at radius 3 is 2.04 bits per heavy atom. The van der Waals surface area contributed by atoms with Crippen LogP contribution in [0.15, 0.2) is 57.9 Å². The minimum atomic E-state index is -3.61. The van der Waals surface area contributed by atoms with E-state index in [0.717, 1.165) is 17.3 Å². The summed E-state index contributed by atoms with van der Waals surface area (Å²) in [7, 11) is -3.61. The van der Waals surface area contributed by atoms with Crippen LogP contribution >= 0.6 is 15.9 Å². The fourth-order valence-corrected chi connectivity index (χ4v) is 4.73. The monoisotopic (exact) mass is 451 g/mol. The second-order valence-electron chi connectivity index (χ2n) is 6.06. The maximum absolute atomic E-state index is 12.6. The molecule has 7 nitrogen and oxygen atoms in total. The first-order valence-corrected chi connectivity index (χ1v) is 10.6. The molecule has 0 aliphatic carbocycles. The number of hydrogen-bond donors (Lipinski definition) is 2. The van der Waals surface area contributed by atoms with Crippen LogP contribution in [0, 0.1) is 0 Å². The molecule has 0 spiro atoms. The summed E-state index contributed by atoms with van der Waals surface area (Å²) in [5.74, 6) is -1.08. The first-order chi connectivity index (χ1) is 12.9. The topological polar surface area (TPSA) is 95.6 Å². The van der Waals surface area contributed by atoms with E-state index in [9.17, 15) is 18.0 Å². The van der Waals surface area contributed by atoms with E-state index in [1.807, 2.05) is 0 Å². The van der Waals surface area contributed by atoms with Gasteiger partial charge < -0.3 is 0 Å². The molecule has 2 aromatic carbocycles. The molecule has 9 heteroatoms. The molecule has 142 valence electrons. The van der Waals surface area contributed by atoms with Crippen LogP contribution in [0.1, 0.15) is 33.6 Å². The molecule has 0 saturated carbocycles. The summed E-state index contributed by atoms with van der Waals surface area (Å²) in [4.78, 5) is 24.5. The Balaban J connectivity index is 1.69. The van der Waals surface area contributed by atoms with Gasteiger partial charge in [-0.05, 0) is 49.2 Å². The van der Waals surface area contributed by atoms with Gasteiger partial charge in [-0.15, -0.1) is 0 Å². The molecule has 2 amide bonds. The van der Waals surface area contributed by atoms with Crippen LogP contribution in [0.2, 0.25) is 0 Å². The van der Waals surface area contributed by atoms with Crippen molar-refractivity contribution in [2.24, 2.45) is 0 Å². The summed E-state index contributed by atoms with van der Waals surface area (Å²) in [6, 6.07) is 12.5. The van der Waals surface area contributed by atoms with Gasteiger partial charge in [0, 0.05) is 28.7 Å². The van der Waals surface area contributed by atoms with E-state index >= 15 is 0 Å². The molecule has 1 heterocycles. The highest BCUT2D eigenvalue weighted by Gasteiger charge is 2.27. The average Bonchev–Trinajstić information content (AvgIpc) is 3.21. The van der Waals surface area contributed by atoms with E-state index < -0.39 is 21.8 Å². The van der Waals surface area contributed by atoms with Crippen LogP contribution in [0.5, 0.6) is 0 Å². The number of nitrogens with one attached hydrogen (secondary N) is 2. The number of amides is 2. The Bertz CT molecular complexity index is 972. The Morgan fingerprint density at radius 1 is 0.889 bits per heavy atom. The molecular formula is C18H18BrN3O4S. The fraction of sp³-hybridized carbons (Fsp3) is 0.222. The Kier molecular flexibility index (Phi) is 5.93. The smallest absolute Gasteiger partial charge is 0.267 e. The van der Waals surface area contributed by atoms with Crippen LogP contribution in [0.3, 0.4) is 0 Å². The maximum Gasteiger partial charge on any atom is 0.269 e. The van der Waals surface area contributed by atoms with Gasteiger partial charge in [0.2, 0.25) is 10.0 Å². The normalized spacial score (nSPS) is 14.7. The summed E-state index contributed by atoms with van der Waals surface area (Å²) < 4.78 is 27.4. The van der Waals surface area contributed by atoms with Crippen molar-refractivity contribution < 1.29 is 18.0 Å². The van der Waals surface area contributed by atoms with Crippen molar-refractivity contribution in [3.05, 3.63) is 64.1 Å². The van der Waals surface area contributed by atoms with Crippen molar-refractivity contribution in [2.45, 2.75) is 17.7 Å². The minimum Gasteiger partial charge on any atom is -0.267 e. The van der Waals surface area contributed by atoms with Gasteiger partial charge in [0.15, 0.2) is 0 Å². The SMILES string of the molecule is O=C(NNC(=O)c1cccc(S(=O)(=O)N2CCCC2)c1)c1cccc(Br)c1. The molecule has 0 unspecified atom stereocenters. The first kappa shape index (κ1) is 19.5. The van der Waals surface area contributed by atoms with Crippen LogP contribution in [-0.4, -0.2) is 37.6 Å². The number of carbonyl (C=O) groups excluding carboxylic acids is 2. The van der Waals surface area contributed by atoms with E-state index in [0.29, 0.717) is 18.7 Å². The largest absolute Gasteiger partial charge is 0.269 e. The third kappa shape index (κ3) is 4.55. The molecule has 2 N–H and O–H groups in total. The van der Waals surface area contributed by atoms with Gasteiger partial charge in [-0.1, -0.05) is 28.1 Å². The molecule has 3 rings (SSSR count). The number of benzene rings is 2. The Hall–Kier alpha value is -2.23. The van der Waals surface area contributed by atoms with Crippen LogP contribution in [0.4, 0.5) is 0 Å². The molecule has 0 radical (unpaired) electrons. The molecule has 27 heavy (non-hydrogen) atoms. The molecule has 1 aliphatic rings. The third-order valence-corrected chi connectivity index (χ3v) is 6.56. The van der Waals surface area contributed by atoms with Gasteiger partial charge in [-0.2, -0.15) is 4.31 Å². The summed E-state index contributed by atoms with van der Waals surface area (Å²) in [5.41, 5.74) is 5.13. The Morgan fingerprint density at radius 2 is 1.44 bits per heavy atom. The number of carbonyl (C=O) groups is 2. The lowest BCUT2D eigenvalue weighted by atomic mass is 10.2. The van der Waals surface area contributed by atoms with Gasteiger partial charge in [0.1, 0.15) is 0 Å². The number of nitrogens with zero attached hydrogens (tertiary/aromatic N) is 1. The average molecular weight is 452 g/mol. The lowest BCUT2D eigenvalue weighted by Gasteiger charge is -2.16. The summed E-state index contributed by atoms with van der Waals surface area (Å²) in [6.45, 7) is 0.975. The van der Waals surface area contributed by atoms with Gasteiger partial charge in [-0.25, -0.2) is 8.42 Å². The van der Waals surface area contributed by atoms with Gasteiger partial charge >= 0.3 is 0 Å². The minimum absolute atomic E-state index is 0.0652. The standard InChI is InChI=1S/C18H18BrN3O4S/c19-15-7-3-5-13(11-15)17(23)20-21-18(24)14-6-4-8-16(12-14)27(25,26)22-9-1-2-10-22/h3-8,11-12H,1-2,9-10H2,(H,20,23)(H,21,24). The number of halogens is 1. The fourth-order valence-electron chi connectivity index (χ4n) is 2.76. The molecule has 0 atom stereocenters. The number of sulfonamides is 1. The van der Waals surface area contributed by atoms with E-state index in [2.05, 4.69) is 26.8 Å². The molecule has 1 fully saturated rings. The van der Waals surface area contributed by atoms with E-state index in [1.165, 1.54) is 28.6 Å². The van der Waals surface area contributed by atoms with Crippen LogP contribution in [0.25, 0.3) is 0 Å². The van der Waals surface area contributed by atoms with Crippen LogP contribution in [-0.2, 0) is 10.0 Å². The predicted octanol–water partition coefficient (Wildman–Crippen LogP) is 2.31. The highest BCUT2D eigenvalue weighted by molar-refractivity contribution is 9.10. The van der Waals surface area contributed by atoms with Crippen LogP contribution < -0.4 is 10.9 Å². The van der Waals surface area contributed by atoms with Gasteiger partial charge in [0.25, 0.3) is 11.8 Å². The number of hydrazine groups is 1. The van der Waals surface area contributed by atoms with Crippen molar-refractivity contribution in [3.8, 4) is 0 Å². The van der Waals surface area contributed by atoms with E-state index in [-0.39, 0.29) is 10.5 Å². The molecular weight excluding hydrogens is 434 g/mol. The maximum atomic E-state index is 12.6. The zero-order valence-electron chi connectivity index (χ0n) is 14.3. The highest BCUT2D eigenvalue weighted by atomic mass is 79.9. The quantitative estimate of drug-likeness (QED) is 0.697. The van der Waals surface area contributed by atoms with Crippen molar-refractivity contribution in [2.75, 3.05) is 13.1 Å². The Labute approximate surface area is 165 Å². The molecule has 0 bridgehead atoms. The van der Waals surface area contributed by atoms with Crippen molar-refractivity contribution in [1.82, 2.24) is 15.2 Å². The van der Waals surface area contributed by atoms with Crippen molar-refractivity contribution >= 4 is 37.8 Å². The van der Waals surface area contributed by atoms with Gasteiger partial charge in [0.05, 0.1) is 4.90 Å². The summed E-state index contributed by atoms with van der Waals surface area (Å²) in [5, 5.41) is 0. The number of hydrogen-bond acceptors (Lipinski definition) is 4. The summed E-state index contributed by atoms with van der Waals surface area (Å²) in [6.07, 6.45) is 1.67. The zero-order chi connectivity index (χ0) is 19.4. The molecule has 2 aromatic rings. The van der Waals surface area contributed by atoms with Gasteiger partial charge in [-0.3, -0.25) is 20.4 Å². The van der Waals surface area contributed by atoms with E-state index in [4.69, 9.17) is 0 Å². The summed E-state index contributed by atoms with van der Waals surface area (Å²) >= 11 is 3.27. The zero-order valence-corrected chi connectivity index (χ0v) is 16.7. The highest BCUT2D eigenvalue weighted by Crippen LogP contribution is 2.21. The molecule has 0 aromatic heterocycles. The third-order valence-electron chi connectivity index (χ3n) is 4.18. The molecule has 1 saturated heterocycles. The van der Waals surface area contributed by atoms with E-state index in [1.54, 1.807) is 24.3 Å².